The maximum atomic E-state index is 11.9. The summed E-state index contributed by atoms with van der Waals surface area (Å²) in [5.41, 5.74) is 1.19. The molecule has 0 N–H and O–H groups in total. The first-order valence-electron chi connectivity index (χ1n) is 5.29. The maximum Gasteiger partial charge on any atom is 0.140 e. The number of ketones is 1. The van der Waals surface area contributed by atoms with E-state index in [0.717, 1.165) is 18.8 Å². The van der Waals surface area contributed by atoms with Crippen LogP contribution in [-0.2, 0) is 11.2 Å². The van der Waals surface area contributed by atoms with Crippen molar-refractivity contribution in [1.82, 2.24) is 0 Å². The molecule has 1 aromatic heterocycles. The normalized spacial score (nSPS) is 26.6. The molecule has 1 aromatic rings. The zero-order chi connectivity index (χ0) is 9.97. The third-order valence-electron chi connectivity index (χ3n) is 3.11. The average molecular weight is 208 g/mol. The standard InChI is InChI=1S/C12H16OS/c1-9-2-3-11(6-9)12(13)7-10-4-5-14-8-10/h4-5,8-9,11H,2-3,6-7H2,1H3. The van der Waals surface area contributed by atoms with E-state index in [1.54, 1.807) is 11.3 Å². The van der Waals surface area contributed by atoms with Gasteiger partial charge in [0, 0.05) is 12.3 Å². The van der Waals surface area contributed by atoms with E-state index in [1.165, 1.54) is 12.0 Å². The Kier molecular flexibility index (Phi) is 3.02. The first-order chi connectivity index (χ1) is 6.75. The zero-order valence-corrected chi connectivity index (χ0v) is 9.35. The van der Waals surface area contributed by atoms with Gasteiger partial charge in [-0.3, -0.25) is 4.79 Å². The Morgan fingerprint density at radius 1 is 1.57 bits per heavy atom. The summed E-state index contributed by atoms with van der Waals surface area (Å²) in [6, 6.07) is 2.06. The van der Waals surface area contributed by atoms with Crippen molar-refractivity contribution in [3.05, 3.63) is 22.4 Å². The zero-order valence-electron chi connectivity index (χ0n) is 8.53. The van der Waals surface area contributed by atoms with Crippen molar-refractivity contribution in [3.8, 4) is 0 Å². The summed E-state index contributed by atoms with van der Waals surface area (Å²) in [6.07, 6.45) is 4.12. The summed E-state index contributed by atoms with van der Waals surface area (Å²) < 4.78 is 0. The third-order valence-corrected chi connectivity index (χ3v) is 3.84. The summed E-state index contributed by atoms with van der Waals surface area (Å²) in [7, 11) is 0. The molecule has 76 valence electrons. The monoisotopic (exact) mass is 208 g/mol. The van der Waals surface area contributed by atoms with Crippen molar-refractivity contribution in [2.24, 2.45) is 11.8 Å². The Balaban J connectivity index is 1.90. The number of rotatable bonds is 3. The molecule has 0 aliphatic heterocycles. The Hall–Kier alpha value is -0.630. The van der Waals surface area contributed by atoms with Gasteiger partial charge in [0.05, 0.1) is 0 Å². The highest BCUT2D eigenvalue weighted by molar-refractivity contribution is 7.07. The van der Waals surface area contributed by atoms with Gasteiger partial charge < -0.3 is 0 Å². The summed E-state index contributed by atoms with van der Waals surface area (Å²) in [6.45, 7) is 2.25. The maximum absolute atomic E-state index is 11.9. The van der Waals surface area contributed by atoms with Gasteiger partial charge in [-0.15, -0.1) is 0 Å². The minimum atomic E-state index is 0.352. The molecule has 1 saturated carbocycles. The smallest absolute Gasteiger partial charge is 0.140 e. The molecule has 14 heavy (non-hydrogen) atoms. The van der Waals surface area contributed by atoms with E-state index >= 15 is 0 Å². The lowest BCUT2D eigenvalue weighted by Crippen LogP contribution is -2.13. The van der Waals surface area contributed by atoms with E-state index in [1.807, 2.05) is 5.38 Å². The van der Waals surface area contributed by atoms with E-state index in [0.29, 0.717) is 18.1 Å². The molecule has 2 atom stereocenters. The van der Waals surface area contributed by atoms with Crippen LogP contribution < -0.4 is 0 Å². The second-order valence-electron chi connectivity index (χ2n) is 4.39. The fourth-order valence-corrected chi connectivity index (χ4v) is 2.91. The lowest BCUT2D eigenvalue weighted by Gasteiger charge is -2.06. The summed E-state index contributed by atoms with van der Waals surface area (Å²) in [4.78, 5) is 11.9. The lowest BCUT2D eigenvalue weighted by molar-refractivity contribution is -0.122. The van der Waals surface area contributed by atoms with Gasteiger partial charge in [-0.25, -0.2) is 0 Å². The highest BCUT2D eigenvalue weighted by atomic mass is 32.1. The van der Waals surface area contributed by atoms with Crippen molar-refractivity contribution in [1.29, 1.82) is 0 Å². The molecule has 2 rings (SSSR count). The fourth-order valence-electron chi connectivity index (χ4n) is 2.24. The van der Waals surface area contributed by atoms with Crippen LogP contribution >= 0.6 is 11.3 Å². The third kappa shape index (κ3) is 2.24. The number of thiophene rings is 1. The fraction of sp³-hybridized carbons (Fsp3) is 0.583. The van der Waals surface area contributed by atoms with Gasteiger partial charge in [-0.2, -0.15) is 11.3 Å². The molecule has 0 bridgehead atoms. The van der Waals surface area contributed by atoms with Gasteiger partial charge in [-0.1, -0.05) is 6.92 Å². The molecule has 1 heterocycles. The predicted molar refractivity (Wildman–Crippen MR) is 59.5 cm³/mol. The lowest BCUT2D eigenvalue weighted by atomic mass is 9.97. The molecule has 0 aromatic carbocycles. The number of hydrogen-bond acceptors (Lipinski definition) is 2. The number of Topliss-reactive ketones (excluding diaryl/α,β-unsaturated/α-hetero) is 1. The van der Waals surface area contributed by atoms with Gasteiger partial charge >= 0.3 is 0 Å². The highest BCUT2D eigenvalue weighted by Crippen LogP contribution is 2.31. The van der Waals surface area contributed by atoms with E-state index in [9.17, 15) is 4.79 Å². The predicted octanol–water partition coefficient (Wildman–Crippen LogP) is 3.30. The molecule has 0 radical (unpaired) electrons. The van der Waals surface area contributed by atoms with Crippen LogP contribution in [0.25, 0.3) is 0 Å². The Bertz CT molecular complexity index is 302. The van der Waals surface area contributed by atoms with Gasteiger partial charge in [0.1, 0.15) is 5.78 Å². The van der Waals surface area contributed by atoms with Crippen molar-refractivity contribution < 1.29 is 4.79 Å². The Morgan fingerprint density at radius 2 is 2.43 bits per heavy atom. The second kappa shape index (κ2) is 4.26. The van der Waals surface area contributed by atoms with Gasteiger partial charge in [0.15, 0.2) is 0 Å². The van der Waals surface area contributed by atoms with Crippen LogP contribution in [0.4, 0.5) is 0 Å². The highest BCUT2D eigenvalue weighted by Gasteiger charge is 2.26. The molecule has 2 unspecified atom stereocenters. The van der Waals surface area contributed by atoms with Crippen LogP contribution in [0, 0.1) is 11.8 Å². The van der Waals surface area contributed by atoms with E-state index in [-0.39, 0.29) is 0 Å². The van der Waals surface area contributed by atoms with Gasteiger partial charge in [-0.05, 0) is 47.6 Å². The number of hydrogen-bond donors (Lipinski definition) is 0. The topological polar surface area (TPSA) is 17.1 Å². The van der Waals surface area contributed by atoms with Crippen LogP contribution in [0.2, 0.25) is 0 Å². The largest absolute Gasteiger partial charge is 0.299 e. The average Bonchev–Trinajstić information content (AvgIpc) is 2.75. The summed E-state index contributed by atoms with van der Waals surface area (Å²) >= 11 is 1.67. The molecule has 2 heteroatoms. The molecule has 0 spiro atoms. The van der Waals surface area contributed by atoms with E-state index < -0.39 is 0 Å². The minimum absolute atomic E-state index is 0.352. The van der Waals surface area contributed by atoms with Gasteiger partial charge in [0.2, 0.25) is 0 Å². The van der Waals surface area contributed by atoms with Crippen LogP contribution in [0.1, 0.15) is 31.7 Å². The van der Waals surface area contributed by atoms with E-state index in [2.05, 4.69) is 18.4 Å². The quantitative estimate of drug-likeness (QED) is 0.745. The van der Waals surface area contributed by atoms with Gasteiger partial charge in [0.25, 0.3) is 0 Å². The summed E-state index contributed by atoms with van der Waals surface area (Å²) in [5, 5.41) is 4.12. The number of carbonyl (C=O) groups excluding carboxylic acids is 1. The van der Waals surface area contributed by atoms with Crippen LogP contribution in [0.5, 0.6) is 0 Å². The Labute approximate surface area is 89.1 Å². The molecular weight excluding hydrogens is 192 g/mol. The minimum Gasteiger partial charge on any atom is -0.299 e. The number of carbonyl (C=O) groups is 1. The molecule has 0 saturated heterocycles. The van der Waals surface area contributed by atoms with Crippen LogP contribution in [-0.4, -0.2) is 5.78 Å². The summed E-state index contributed by atoms with van der Waals surface area (Å²) in [5.74, 6) is 1.56. The molecule has 1 fully saturated rings. The Morgan fingerprint density at radius 3 is 3.00 bits per heavy atom. The molecule has 1 nitrogen and oxygen atoms in total. The van der Waals surface area contributed by atoms with Crippen molar-refractivity contribution in [2.75, 3.05) is 0 Å². The van der Waals surface area contributed by atoms with Crippen LogP contribution in [0.15, 0.2) is 16.8 Å². The second-order valence-corrected chi connectivity index (χ2v) is 5.17. The van der Waals surface area contributed by atoms with Crippen molar-refractivity contribution >= 4 is 17.1 Å². The molecule has 0 amide bonds. The van der Waals surface area contributed by atoms with Crippen molar-refractivity contribution in [2.45, 2.75) is 32.6 Å². The molecule has 1 aliphatic rings. The first kappa shape index (κ1) is 9.91. The molecule has 1 aliphatic carbocycles. The first-order valence-corrected chi connectivity index (χ1v) is 6.24. The SMILES string of the molecule is CC1CCC(C(=O)Cc2ccsc2)C1. The van der Waals surface area contributed by atoms with E-state index in [4.69, 9.17) is 0 Å². The molecular formula is C12H16OS. The van der Waals surface area contributed by atoms with Crippen LogP contribution in [0.3, 0.4) is 0 Å². The van der Waals surface area contributed by atoms with Crippen molar-refractivity contribution in [3.63, 3.8) is 0 Å².